The van der Waals surface area contributed by atoms with E-state index in [2.05, 4.69) is 261 Å². The fraction of sp³-hybridized carbons (Fsp3) is 0.129. The van der Waals surface area contributed by atoms with Crippen LogP contribution in [0.1, 0.15) is 52.7 Å². The van der Waals surface area contributed by atoms with Crippen LogP contribution in [0.15, 0.2) is 200 Å². The fourth-order valence-electron chi connectivity index (χ4n) is 11.4. The smallest absolute Gasteiger partial charge is 0.252 e. The molecule has 4 heterocycles. The number of hydrogen-bond acceptors (Lipinski definition) is 2. The third-order valence-corrected chi connectivity index (χ3v) is 14.6. The van der Waals surface area contributed by atoms with E-state index in [1.807, 2.05) is 0 Å². The lowest BCUT2D eigenvalue weighted by atomic mass is 9.33. The lowest BCUT2D eigenvalue weighted by Gasteiger charge is -2.45. The van der Waals surface area contributed by atoms with Gasteiger partial charge in [0.1, 0.15) is 0 Å². The molecule has 2 aromatic heterocycles. The molecule has 0 amide bonds. The average molecular weight is 863 g/mol. The number of hydrogen-bond donors (Lipinski definition) is 0. The Hall–Kier alpha value is -7.76. The second-order valence-corrected chi connectivity index (χ2v) is 20.6. The molecule has 2 aliphatic rings. The molecule has 0 saturated carbocycles. The van der Waals surface area contributed by atoms with Gasteiger partial charge in [-0.15, -0.1) is 0 Å². The molecular weight excluding hydrogens is 812 g/mol. The topological polar surface area (TPSA) is 16.3 Å². The molecule has 67 heavy (non-hydrogen) atoms. The molecule has 0 saturated heterocycles. The highest BCUT2D eigenvalue weighted by atomic mass is 15.2. The van der Waals surface area contributed by atoms with Crippen molar-refractivity contribution in [2.45, 2.75) is 52.4 Å². The monoisotopic (exact) mass is 862 g/mol. The maximum atomic E-state index is 2.56. The molecule has 0 bridgehead atoms. The Bertz CT molecular complexity index is 3680. The molecule has 13 rings (SSSR count). The van der Waals surface area contributed by atoms with Gasteiger partial charge in [-0.3, -0.25) is 0 Å². The maximum Gasteiger partial charge on any atom is 0.252 e. The van der Waals surface area contributed by atoms with Gasteiger partial charge in [-0.2, -0.15) is 0 Å². The van der Waals surface area contributed by atoms with E-state index in [1.165, 1.54) is 93.9 Å². The zero-order valence-electron chi connectivity index (χ0n) is 38.9. The van der Waals surface area contributed by atoms with Crippen LogP contribution < -0.4 is 26.2 Å². The normalized spacial score (nSPS) is 13.4. The highest BCUT2D eigenvalue weighted by molar-refractivity contribution is 7.00. The Morgan fingerprint density at radius 2 is 0.701 bits per heavy atom. The summed E-state index contributed by atoms with van der Waals surface area (Å²) in [5, 5.41) is 5.02. The van der Waals surface area contributed by atoms with Crippen LogP contribution in [0.4, 0.5) is 34.1 Å². The highest BCUT2D eigenvalue weighted by Crippen LogP contribution is 2.47. The van der Waals surface area contributed by atoms with Crippen molar-refractivity contribution < 1.29 is 0 Å². The number of benzene rings is 9. The molecule has 0 aliphatic carbocycles. The van der Waals surface area contributed by atoms with Crippen LogP contribution in [0.3, 0.4) is 0 Å². The first-order valence-corrected chi connectivity index (χ1v) is 23.7. The van der Waals surface area contributed by atoms with E-state index in [1.54, 1.807) is 0 Å². The van der Waals surface area contributed by atoms with E-state index < -0.39 is 0 Å². The first-order valence-electron chi connectivity index (χ1n) is 23.7. The van der Waals surface area contributed by atoms with E-state index in [-0.39, 0.29) is 17.5 Å². The molecule has 5 heteroatoms. The molecule has 0 spiro atoms. The Morgan fingerprint density at radius 3 is 1.19 bits per heavy atom. The summed E-state index contributed by atoms with van der Waals surface area (Å²) in [6.45, 7) is 13.8. The number of rotatable bonds is 4. The van der Waals surface area contributed by atoms with Gasteiger partial charge in [0, 0.05) is 61.4 Å². The third-order valence-electron chi connectivity index (χ3n) is 14.6. The predicted octanol–water partition coefficient (Wildman–Crippen LogP) is 14.6. The molecule has 0 N–H and O–H groups in total. The lowest BCUT2D eigenvalue weighted by Crippen LogP contribution is -2.61. The summed E-state index contributed by atoms with van der Waals surface area (Å²) in [5.74, 6) is 0. The van der Waals surface area contributed by atoms with Crippen LogP contribution in [0, 0.1) is 0 Å². The molecule has 0 fully saturated rings. The fourth-order valence-corrected chi connectivity index (χ4v) is 11.4. The van der Waals surface area contributed by atoms with Crippen molar-refractivity contribution in [2.75, 3.05) is 9.80 Å². The van der Waals surface area contributed by atoms with Crippen molar-refractivity contribution in [3.05, 3.63) is 211 Å². The molecular formula is C62H51BN4. The van der Waals surface area contributed by atoms with Gasteiger partial charge in [0.05, 0.1) is 27.8 Å². The van der Waals surface area contributed by atoms with Gasteiger partial charge in [0.25, 0.3) is 6.71 Å². The molecule has 2 aliphatic heterocycles. The highest BCUT2D eigenvalue weighted by Gasteiger charge is 2.44. The summed E-state index contributed by atoms with van der Waals surface area (Å²) in [5.41, 5.74) is 20.6. The minimum Gasteiger partial charge on any atom is -0.311 e. The zero-order chi connectivity index (χ0) is 45.3. The quantitative estimate of drug-likeness (QED) is 0.164. The van der Waals surface area contributed by atoms with Crippen LogP contribution >= 0.6 is 0 Å². The largest absolute Gasteiger partial charge is 0.311 e. The van der Waals surface area contributed by atoms with E-state index in [4.69, 9.17) is 0 Å². The van der Waals surface area contributed by atoms with E-state index in [0.29, 0.717) is 0 Å². The second-order valence-electron chi connectivity index (χ2n) is 20.6. The van der Waals surface area contributed by atoms with E-state index >= 15 is 0 Å². The zero-order valence-corrected chi connectivity index (χ0v) is 38.9. The van der Waals surface area contributed by atoms with E-state index in [9.17, 15) is 0 Å². The van der Waals surface area contributed by atoms with Gasteiger partial charge < -0.3 is 18.9 Å². The Labute approximate surface area is 393 Å². The number of aromatic nitrogens is 2. The van der Waals surface area contributed by atoms with Crippen molar-refractivity contribution in [1.29, 1.82) is 0 Å². The molecule has 0 unspecified atom stereocenters. The number of para-hydroxylation sites is 5. The number of nitrogens with zero attached hydrogens (tertiary/aromatic N) is 4. The summed E-state index contributed by atoms with van der Waals surface area (Å²) in [6, 6.07) is 75.3. The minimum atomic E-state index is -0.0670. The molecule has 11 aromatic rings. The van der Waals surface area contributed by atoms with Crippen molar-refractivity contribution in [3.8, 4) is 11.4 Å². The molecule has 0 atom stereocenters. The van der Waals surface area contributed by atoms with Crippen LogP contribution in [-0.4, -0.2) is 15.8 Å². The van der Waals surface area contributed by atoms with Crippen molar-refractivity contribution >= 4 is 101 Å². The Kier molecular flexibility index (Phi) is 8.49. The average Bonchev–Trinajstić information content (AvgIpc) is 3.86. The minimum absolute atomic E-state index is 0.0224. The van der Waals surface area contributed by atoms with Crippen LogP contribution in [0.2, 0.25) is 0 Å². The number of anilines is 6. The number of fused-ring (bicyclic) bond motifs is 10. The van der Waals surface area contributed by atoms with Gasteiger partial charge in [0.2, 0.25) is 0 Å². The summed E-state index contributed by atoms with van der Waals surface area (Å²) in [7, 11) is 0. The van der Waals surface area contributed by atoms with Gasteiger partial charge in [-0.05, 0) is 123 Å². The van der Waals surface area contributed by atoms with E-state index in [0.717, 1.165) is 22.7 Å². The Balaban J connectivity index is 1.17. The van der Waals surface area contributed by atoms with Crippen LogP contribution in [0.5, 0.6) is 0 Å². The lowest BCUT2D eigenvalue weighted by molar-refractivity contribution is 0.590. The first kappa shape index (κ1) is 39.6. The molecule has 4 nitrogen and oxygen atoms in total. The summed E-state index contributed by atoms with van der Waals surface area (Å²) < 4.78 is 4.96. The van der Waals surface area contributed by atoms with Crippen molar-refractivity contribution in [2.24, 2.45) is 0 Å². The van der Waals surface area contributed by atoms with Crippen molar-refractivity contribution in [1.82, 2.24) is 9.13 Å². The van der Waals surface area contributed by atoms with Crippen molar-refractivity contribution in [3.63, 3.8) is 0 Å². The van der Waals surface area contributed by atoms with Crippen LogP contribution in [-0.2, 0) is 10.8 Å². The third kappa shape index (κ3) is 5.93. The first-order chi connectivity index (χ1) is 32.5. The Morgan fingerprint density at radius 1 is 0.313 bits per heavy atom. The van der Waals surface area contributed by atoms with Crippen LogP contribution in [0.25, 0.3) is 55.0 Å². The predicted molar refractivity (Wildman–Crippen MR) is 287 cm³/mol. The van der Waals surface area contributed by atoms with Gasteiger partial charge in [0.15, 0.2) is 0 Å². The molecule has 9 aromatic carbocycles. The maximum absolute atomic E-state index is 2.56. The SMILES string of the molecule is CC(C)(C)c1ccc(N2c3ccc(C(C)(C)C)cc3B3c4cc(-n5c6ccccc6c6ccccc65)ccc4N(c4ccccc4)c4cc(-n5c6ccccc6c6ccccc65)cc2c43)cc1. The standard InChI is InChI=1S/C62H51BN4/c1-61(2,3)40-28-31-43(32-29-40)65-56-34-30-41(62(4,5)6)36-50(56)63-51-37-44(66-52-24-14-10-20-46(52)47-21-11-15-25-53(47)66)33-35-57(51)64(42-18-8-7-9-19-42)58-38-45(39-59(65)60(58)63)67-54-26-16-12-22-48(54)49-23-13-17-27-55(49)67/h7-39H,1-6H3. The van der Waals surface area contributed by atoms with Gasteiger partial charge in [-0.25, -0.2) is 0 Å². The second kappa shape index (κ2) is 14.4. The summed E-state index contributed by atoms with van der Waals surface area (Å²) in [4.78, 5) is 5.10. The molecule has 322 valence electrons. The molecule has 0 radical (unpaired) electrons. The summed E-state index contributed by atoms with van der Waals surface area (Å²) in [6.07, 6.45) is 0. The summed E-state index contributed by atoms with van der Waals surface area (Å²) >= 11 is 0. The van der Waals surface area contributed by atoms with Gasteiger partial charge >= 0.3 is 0 Å². The van der Waals surface area contributed by atoms with Gasteiger partial charge in [-0.1, -0.05) is 157 Å².